The number of carboxylic acids is 1. The minimum atomic E-state index is -2.39. The highest BCUT2D eigenvalue weighted by atomic mass is 35.5. The monoisotopic (exact) mass is 315 g/mol. The first-order chi connectivity index (χ1) is 9.82. The molecule has 1 aliphatic heterocycles. The number of aliphatic hydroxyl groups excluding tert-OH is 1. The van der Waals surface area contributed by atoms with Gasteiger partial charge in [0.05, 0.1) is 19.1 Å². The molecule has 0 aromatic heterocycles. The van der Waals surface area contributed by atoms with Crippen LogP contribution in [-0.4, -0.2) is 45.7 Å². The number of aliphatic hydroxyl groups is 1. The van der Waals surface area contributed by atoms with Crippen LogP contribution in [0.25, 0.3) is 0 Å². The molecule has 2 unspecified atom stereocenters. The number of alkyl halides is 1. The summed E-state index contributed by atoms with van der Waals surface area (Å²) >= 11 is 5.73. The lowest BCUT2D eigenvalue weighted by atomic mass is 10.1. The van der Waals surface area contributed by atoms with E-state index in [1.165, 1.54) is 0 Å². The molecular formula is C14H15ClFNO4. The van der Waals surface area contributed by atoms with Gasteiger partial charge < -0.3 is 15.1 Å². The lowest BCUT2D eigenvalue weighted by molar-refractivity contribution is -0.150. The van der Waals surface area contributed by atoms with E-state index >= 15 is 0 Å². The predicted molar refractivity (Wildman–Crippen MR) is 73.7 cm³/mol. The van der Waals surface area contributed by atoms with E-state index in [1.807, 2.05) is 0 Å². The lowest BCUT2D eigenvalue weighted by Crippen LogP contribution is -2.39. The largest absolute Gasteiger partial charge is 0.479 e. The summed E-state index contributed by atoms with van der Waals surface area (Å²) in [6, 6.07) is 6.39. The van der Waals surface area contributed by atoms with E-state index in [4.69, 9.17) is 16.7 Å². The Morgan fingerprint density at radius 2 is 2.00 bits per heavy atom. The molecule has 1 aliphatic rings. The Kier molecular flexibility index (Phi) is 4.49. The van der Waals surface area contributed by atoms with Gasteiger partial charge in [-0.25, -0.2) is 9.18 Å². The van der Waals surface area contributed by atoms with Crippen LogP contribution in [0.5, 0.6) is 0 Å². The number of amides is 1. The number of benzene rings is 1. The molecule has 2 atom stereocenters. The van der Waals surface area contributed by atoms with Crippen molar-refractivity contribution in [3.05, 3.63) is 34.9 Å². The highest BCUT2D eigenvalue weighted by molar-refractivity contribution is 6.30. The fourth-order valence-corrected chi connectivity index (χ4v) is 2.38. The summed E-state index contributed by atoms with van der Waals surface area (Å²) in [5.74, 6) is -2.03. The van der Waals surface area contributed by atoms with E-state index in [0.29, 0.717) is 10.6 Å². The van der Waals surface area contributed by atoms with Crippen molar-refractivity contribution >= 4 is 23.5 Å². The number of aliphatic carboxylic acids is 1. The second kappa shape index (κ2) is 5.99. The highest BCUT2D eigenvalue weighted by Gasteiger charge is 2.46. The van der Waals surface area contributed by atoms with Crippen molar-refractivity contribution in [1.29, 1.82) is 0 Å². The predicted octanol–water partition coefficient (Wildman–Crippen LogP) is 1.79. The lowest BCUT2D eigenvalue weighted by Gasteiger charge is -2.19. The molecule has 1 aromatic rings. The average Bonchev–Trinajstić information content (AvgIpc) is 2.83. The molecule has 1 aromatic carbocycles. The zero-order chi connectivity index (χ0) is 15.6. The van der Waals surface area contributed by atoms with E-state index in [0.717, 1.165) is 4.90 Å². The van der Waals surface area contributed by atoms with E-state index < -0.39 is 30.2 Å². The molecule has 1 saturated heterocycles. The van der Waals surface area contributed by atoms with Gasteiger partial charge in [0.1, 0.15) is 0 Å². The Labute approximate surface area is 125 Å². The van der Waals surface area contributed by atoms with Gasteiger partial charge in [-0.1, -0.05) is 23.7 Å². The van der Waals surface area contributed by atoms with Gasteiger partial charge in [-0.05, 0) is 17.7 Å². The van der Waals surface area contributed by atoms with Crippen LogP contribution in [0.15, 0.2) is 24.3 Å². The van der Waals surface area contributed by atoms with Crippen LogP contribution in [0.3, 0.4) is 0 Å². The molecule has 0 radical (unpaired) electrons. The Morgan fingerprint density at radius 1 is 1.38 bits per heavy atom. The molecule has 114 valence electrons. The highest BCUT2D eigenvalue weighted by Crippen LogP contribution is 2.28. The molecule has 0 saturated carbocycles. The van der Waals surface area contributed by atoms with Crippen molar-refractivity contribution in [3.63, 3.8) is 0 Å². The summed E-state index contributed by atoms with van der Waals surface area (Å²) in [5.41, 5.74) is -1.86. The zero-order valence-corrected chi connectivity index (χ0v) is 11.9. The van der Waals surface area contributed by atoms with Crippen LogP contribution in [0.1, 0.15) is 24.5 Å². The number of carboxylic acid groups (broad SMARTS) is 1. The number of likely N-dealkylation sites (tertiary alicyclic amines) is 1. The van der Waals surface area contributed by atoms with Crippen molar-refractivity contribution in [2.45, 2.75) is 24.6 Å². The Morgan fingerprint density at radius 3 is 2.52 bits per heavy atom. The quantitative estimate of drug-likeness (QED) is 0.888. The number of hydrogen-bond donors (Lipinski definition) is 2. The molecule has 2 N–H and O–H groups in total. The number of carbonyl (C=O) groups excluding carboxylic acids is 1. The van der Waals surface area contributed by atoms with Crippen molar-refractivity contribution in [2.24, 2.45) is 0 Å². The summed E-state index contributed by atoms with van der Waals surface area (Å²) in [6.07, 6.45) is -1.49. The smallest absolute Gasteiger partial charge is 0.343 e. The fourth-order valence-electron chi connectivity index (χ4n) is 2.26. The van der Waals surface area contributed by atoms with Crippen molar-refractivity contribution < 1.29 is 24.2 Å². The standard InChI is InChI=1S/C14H15ClFNO4/c15-10-3-1-9(2-4-10)11(18)7-12(19)17-6-5-14(16,8-17)13(20)21/h1-4,11,18H,5-8H2,(H,20,21). The first kappa shape index (κ1) is 15.7. The molecule has 0 bridgehead atoms. The van der Waals surface area contributed by atoms with Gasteiger partial charge in [-0.2, -0.15) is 0 Å². The summed E-state index contributed by atoms with van der Waals surface area (Å²) in [6.45, 7) is -0.441. The second-order valence-electron chi connectivity index (χ2n) is 5.11. The maximum atomic E-state index is 13.9. The van der Waals surface area contributed by atoms with Gasteiger partial charge in [-0.3, -0.25) is 4.79 Å². The molecule has 5 nitrogen and oxygen atoms in total. The normalized spacial score (nSPS) is 23.1. The number of hydrogen-bond acceptors (Lipinski definition) is 3. The maximum absolute atomic E-state index is 13.9. The van der Waals surface area contributed by atoms with Gasteiger partial charge in [0.25, 0.3) is 0 Å². The van der Waals surface area contributed by atoms with E-state index in [2.05, 4.69) is 0 Å². The van der Waals surface area contributed by atoms with Gasteiger partial charge in [0.15, 0.2) is 0 Å². The minimum Gasteiger partial charge on any atom is -0.479 e. The van der Waals surface area contributed by atoms with Crippen LogP contribution in [-0.2, 0) is 9.59 Å². The number of rotatable bonds is 4. The first-order valence-corrected chi connectivity index (χ1v) is 6.83. The Hall–Kier alpha value is -1.66. The zero-order valence-electron chi connectivity index (χ0n) is 11.1. The van der Waals surface area contributed by atoms with Crippen molar-refractivity contribution in [3.8, 4) is 0 Å². The third-order valence-corrected chi connectivity index (χ3v) is 3.83. The molecule has 1 heterocycles. The second-order valence-corrected chi connectivity index (χ2v) is 5.54. The topological polar surface area (TPSA) is 77.8 Å². The summed E-state index contributed by atoms with van der Waals surface area (Å²) < 4.78 is 13.9. The molecule has 21 heavy (non-hydrogen) atoms. The summed E-state index contributed by atoms with van der Waals surface area (Å²) in [5, 5.41) is 19.3. The molecular weight excluding hydrogens is 301 g/mol. The van der Waals surface area contributed by atoms with Gasteiger partial charge in [-0.15, -0.1) is 0 Å². The van der Waals surface area contributed by atoms with Crippen molar-refractivity contribution in [2.75, 3.05) is 13.1 Å². The fraction of sp³-hybridized carbons (Fsp3) is 0.429. The average molecular weight is 316 g/mol. The van der Waals surface area contributed by atoms with E-state index in [1.54, 1.807) is 24.3 Å². The number of halogens is 2. The number of nitrogens with zero attached hydrogens (tertiary/aromatic N) is 1. The molecule has 1 amide bonds. The third kappa shape index (κ3) is 3.51. The van der Waals surface area contributed by atoms with E-state index in [9.17, 15) is 19.1 Å². The van der Waals surface area contributed by atoms with E-state index in [-0.39, 0.29) is 19.4 Å². The maximum Gasteiger partial charge on any atom is 0.343 e. The van der Waals surface area contributed by atoms with Crippen molar-refractivity contribution in [1.82, 2.24) is 4.90 Å². The first-order valence-electron chi connectivity index (χ1n) is 6.45. The van der Waals surface area contributed by atoms with Crippen LogP contribution in [0.2, 0.25) is 5.02 Å². The van der Waals surface area contributed by atoms with Gasteiger partial charge in [0, 0.05) is 18.0 Å². The third-order valence-electron chi connectivity index (χ3n) is 3.58. The van der Waals surface area contributed by atoms with Gasteiger partial charge >= 0.3 is 5.97 Å². The molecule has 2 rings (SSSR count). The van der Waals surface area contributed by atoms with Crippen LogP contribution >= 0.6 is 11.6 Å². The Bertz CT molecular complexity index is 550. The summed E-state index contributed by atoms with van der Waals surface area (Å²) in [4.78, 5) is 23.9. The van der Waals surface area contributed by atoms with Crippen LogP contribution in [0.4, 0.5) is 4.39 Å². The Balaban J connectivity index is 1.96. The molecule has 1 fully saturated rings. The SMILES string of the molecule is O=C(CC(O)c1ccc(Cl)cc1)N1CCC(F)(C(=O)O)C1. The number of carbonyl (C=O) groups is 2. The van der Waals surface area contributed by atoms with Crippen LogP contribution in [0, 0.1) is 0 Å². The van der Waals surface area contributed by atoms with Crippen LogP contribution < -0.4 is 0 Å². The summed E-state index contributed by atoms with van der Waals surface area (Å²) in [7, 11) is 0. The van der Waals surface area contributed by atoms with Gasteiger partial charge in [0.2, 0.25) is 11.6 Å². The molecule has 7 heteroatoms. The molecule has 0 spiro atoms. The minimum absolute atomic E-state index is 0.0367. The molecule has 0 aliphatic carbocycles.